The van der Waals surface area contributed by atoms with Crippen molar-refractivity contribution >= 4 is 31.9 Å². The summed E-state index contributed by atoms with van der Waals surface area (Å²) in [5.41, 5.74) is 1.97. The number of rotatable bonds is 5. The molecule has 0 aromatic heterocycles. The molecule has 2 rings (SSSR count). The highest BCUT2D eigenvalue weighted by Gasteiger charge is 2.39. The van der Waals surface area contributed by atoms with Crippen LogP contribution in [0.3, 0.4) is 0 Å². The molecule has 1 fully saturated rings. The van der Waals surface area contributed by atoms with Gasteiger partial charge in [-0.3, -0.25) is 0 Å². The number of hydrogen-bond donors (Lipinski definition) is 1. The molecule has 1 N–H and O–H groups in total. The Labute approximate surface area is 114 Å². The highest BCUT2D eigenvalue weighted by atomic mass is 79.9. The second kappa shape index (κ2) is 5.19. The molecule has 1 aliphatic rings. The maximum absolute atomic E-state index is 3.57. The number of halogens is 2. The summed E-state index contributed by atoms with van der Waals surface area (Å²) >= 11 is 7.01. The fraction of sp³-hybridized carbons (Fsp3) is 0.538. The molecule has 1 aliphatic carbocycles. The van der Waals surface area contributed by atoms with Crippen LogP contribution in [0.15, 0.2) is 27.1 Å². The van der Waals surface area contributed by atoms with Gasteiger partial charge in [0.15, 0.2) is 0 Å². The number of benzene rings is 1. The van der Waals surface area contributed by atoms with Gasteiger partial charge in [-0.15, -0.1) is 0 Å². The predicted molar refractivity (Wildman–Crippen MR) is 75.5 cm³/mol. The third-order valence-corrected chi connectivity index (χ3v) is 5.40. The average Bonchev–Trinajstić information content (AvgIpc) is 3.04. The lowest BCUT2D eigenvalue weighted by molar-refractivity contribution is 0.443. The van der Waals surface area contributed by atoms with Crippen LogP contribution in [0.5, 0.6) is 0 Å². The monoisotopic (exact) mass is 345 g/mol. The summed E-state index contributed by atoms with van der Waals surface area (Å²) < 4.78 is 2.24. The molecule has 3 heteroatoms. The van der Waals surface area contributed by atoms with E-state index in [1.807, 2.05) is 0 Å². The van der Waals surface area contributed by atoms with Crippen LogP contribution in [0.4, 0.5) is 0 Å². The first-order chi connectivity index (χ1) is 7.65. The lowest BCUT2D eigenvalue weighted by Crippen LogP contribution is -2.23. The second-order valence-corrected chi connectivity index (χ2v) is 6.41. The van der Waals surface area contributed by atoms with Gasteiger partial charge in [-0.05, 0) is 74.2 Å². The van der Waals surface area contributed by atoms with Crippen LogP contribution in [0.1, 0.15) is 31.7 Å². The fourth-order valence-corrected chi connectivity index (χ4v) is 2.63. The maximum atomic E-state index is 3.57. The highest BCUT2D eigenvalue weighted by molar-refractivity contribution is 9.13. The minimum Gasteiger partial charge on any atom is -0.312 e. The fourth-order valence-electron chi connectivity index (χ4n) is 1.95. The van der Waals surface area contributed by atoms with Gasteiger partial charge in [-0.1, -0.05) is 13.0 Å². The quantitative estimate of drug-likeness (QED) is 0.828. The third kappa shape index (κ3) is 3.08. The van der Waals surface area contributed by atoms with E-state index in [4.69, 9.17) is 0 Å². The van der Waals surface area contributed by atoms with Crippen molar-refractivity contribution in [3.05, 3.63) is 32.7 Å². The molecule has 1 aromatic carbocycles. The molecule has 16 heavy (non-hydrogen) atoms. The molecule has 0 saturated heterocycles. The Morgan fingerprint density at radius 2 is 2.00 bits per heavy atom. The van der Waals surface area contributed by atoms with Gasteiger partial charge in [-0.2, -0.15) is 0 Å². The summed E-state index contributed by atoms with van der Waals surface area (Å²) in [4.78, 5) is 0. The van der Waals surface area contributed by atoms with Crippen molar-refractivity contribution in [2.24, 2.45) is 5.41 Å². The molecule has 0 aliphatic heterocycles. The molecular weight excluding hydrogens is 330 g/mol. The molecule has 1 aromatic rings. The lowest BCUT2D eigenvalue weighted by Gasteiger charge is -2.13. The number of hydrogen-bond acceptors (Lipinski definition) is 1. The van der Waals surface area contributed by atoms with Crippen LogP contribution in [-0.2, 0) is 6.54 Å². The normalized spacial score (nSPS) is 17.4. The van der Waals surface area contributed by atoms with E-state index >= 15 is 0 Å². The standard InChI is InChI=1S/C13H17Br2N/c1-2-13(5-6-13)9-16-8-10-3-4-11(14)12(15)7-10/h3-4,7,16H,2,5-6,8-9H2,1H3. The molecule has 0 atom stereocenters. The van der Waals surface area contributed by atoms with Crippen molar-refractivity contribution < 1.29 is 0 Å². The van der Waals surface area contributed by atoms with Gasteiger partial charge in [0.1, 0.15) is 0 Å². The molecular formula is C13H17Br2N. The van der Waals surface area contributed by atoms with Crippen molar-refractivity contribution in [1.29, 1.82) is 0 Å². The molecule has 0 heterocycles. The van der Waals surface area contributed by atoms with Crippen LogP contribution >= 0.6 is 31.9 Å². The van der Waals surface area contributed by atoms with Gasteiger partial charge in [0, 0.05) is 22.0 Å². The Kier molecular flexibility index (Phi) is 4.09. The summed E-state index contributed by atoms with van der Waals surface area (Å²) in [5.74, 6) is 0. The maximum Gasteiger partial charge on any atom is 0.0320 e. The van der Waals surface area contributed by atoms with Crippen molar-refractivity contribution in [2.75, 3.05) is 6.54 Å². The minimum absolute atomic E-state index is 0.632. The molecule has 0 radical (unpaired) electrons. The lowest BCUT2D eigenvalue weighted by atomic mass is 10.0. The third-order valence-electron chi connectivity index (χ3n) is 3.52. The molecule has 0 amide bonds. The van der Waals surface area contributed by atoms with E-state index in [9.17, 15) is 0 Å². The van der Waals surface area contributed by atoms with E-state index in [2.05, 4.69) is 62.3 Å². The van der Waals surface area contributed by atoms with E-state index < -0.39 is 0 Å². The topological polar surface area (TPSA) is 12.0 Å². The van der Waals surface area contributed by atoms with Gasteiger partial charge in [0.2, 0.25) is 0 Å². The zero-order valence-corrected chi connectivity index (χ0v) is 12.7. The molecule has 0 unspecified atom stereocenters. The average molecular weight is 347 g/mol. The molecule has 0 spiro atoms. The summed E-state index contributed by atoms with van der Waals surface area (Å²) in [7, 11) is 0. The molecule has 0 bridgehead atoms. The first kappa shape index (κ1) is 12.6. The Balaban J connectivity index is 1.83. The smallest absolute Gasteiger partial charge is 0.0320 e. The van der Waals surface area contributed by atoms with Gasteiger partial charge >= 0.3 is 0 Å². The van der Waals surface area contributed by atoms with Gasteiger partial charge in [0.25, 0.3) is 0 Å². The Morgan fingerprint density at radius 1 is 1.25 bits per heavy atom. The van der Waals surface area contributed by atoms with Gasteiger partial charge < -0.3 is 5.32 Å². The Hall–Kier alpha value is 0.140. The van der Waals surface area contributed by atoms with Crippen molar-refractivity contribution in [3.63, 3.8) is 0 Å². The summed E-state index contributed by atoms with van der Waals surface area (Å²) in [6, 6.07) is 6.42. The van der Waals surface area contributed by atoms with Crippen molar-refractivity contribution in [2.45, 2.75) is 32.7 Å². The number of nitrogens with one attached hydrogen (secondary N) is 1. The molecule has 88 valence electrons. The van der Waals surface area contributed by atoms with Crippen molar-refractivity contribution in [1.82, 2.24) is 5.32 Å². The predicted octanol–water partition coefficient (Wildman–Crippen LogP) is 4.49. The Bertz CT molecular complexity index is 372. The zero-order chi connectivity index (χ0) is 11.6. The zero-order valence-electron chi connectivity index (χ0n) is 9.52. The largest absolute Gasteiger partial charge is 0.312 e. The van der Waals surface area contributed by atoms with Gasteiger partial charge in [0.05, 0.1) is 0 Å². The van der Waals surface area contributed by atoms with Crippen molar-refractivity contribution in [3.8, 4) is 0 Å². The van der Waals surface area contributed by atoms with E-state index in [-0.39, 0.29) is 0 Å². The Morgan fingerprint density at radius 3 is 2.56 bits per heavy atom. The molecule has 1 nitrogen and oxygen atoms in total. The highest BCUT2D eigenvalue weighted by Crippen LogP contribution is 2.47. The van der Waals surface area contributed by atoms with E-state index in [1.54, 1.807) is 0 Å². The van der Waals surface area contributed by atoms with Crippen LogP contribution in [0.25, 0.3) is 0 Å². The molecule has 1 saturated carbocycles. The van der Waals surface area contributed by atoms with Crippen LogP contribution in [-0.4, -0.2) is 6.54 Å². The minimum atomic E-state index is 0.632. The van der Waals surface area contributed by atoms with E-state index in [0.29, 0.717) is 5.41 Å². The van der Waals surface area contributed by atoms with Crippen LogP contribution in [0, 0.1) is 5.41 Å². The first-order valence-electron chi connectivity index (χ1n) is 5.80. The van der Waals surface area contributed by atoms with Gasteiger partial charge in [-0.25, -0.2) is 0 Å². The summed E-state index contributed by atoms with van der Waals surface area (Å²) in [5, 5.41) is 3.57. The summed E-state index contributed by atoms with van der Waals surface area (Å²) in [6.07, 6.45) is 4.12. The van der Waals surface area contributed by atoms with E-state index in [1.165, 1.54) is 24.8 Å². The second-order valence-electron chi connectivity index (χ2n) is 4.71. The SMILES string of the molecule is CCC1(CNCc2ccc(Br)c(Br)c2)CC1. The van der Waals surface area contributed by atoms with Crippen LogP contribution in [0.2, 0.25) is 0 Å². The van der Waals surface area contributed by atoms with E-state index in [0.717, 1.165) is 22.0 Å². The first-order valence-corrected chi connectivity index (χ1v) is 7.38. The summed E-state index contributed by atoms with van der Waals surface area (Å²) in [6.45, 7) is 4.43. The van der Waals surface area contributed by atoms with Crippen LogP contribution < -0.4 is 5.32 Å².